The first-order valence-electron chi connectivity index (χ1n) is 10.2. The molecule has 11 heteroatoms. The van der Waals surface area contributed by atoms with Gasteiger partial charge >= 0.3 is 5.88 Å². The summed E-state index contributed by atoms with van der Waals surface area (Å²) in [6.45, 7) is 0. The Labute approximate surface area is 201 Å². The number of aromatic hydroxyl groups is 1. The van der Waals surface area contributed by atoms with Gasteiger partial charge in [0, 0.05) is 16.3 Å². The lowest BCUT2D eigenvalue weighted by atomic mass is 10.1. The number of nitro groups is 1. The molecule has 35 heavy (non-hydrogen) atoms. The van der Waals surface area contributed by atoms with E-state index in [1.165, 1.54) is 24.3 Å². The van der Waals surface area contributed by atoms with Crippen molar-refractivity contribution in [2.45, 2.75) is 0 Å². The molecule has 2 N–H and O–H groups in total. The minimum Gasteiger partial charge on any atom is -0.507 e. The zero-order valence-electron chi connectivity index (χ0n) is 17.8. The minimum absolute atomic E-state index is 0.0740. The Balaban J connectivity index is 1.43. The van der Waals surface area contributed by atoms with Crippen molar-refractivity contribution in [3.05, 3.63) is 92.8 Å². The highest BCUT2D eigenvalue weighted by Crippen LogP contribution is 2.30. The molecular formula is C24H15N5O5S. The van der Waals surface area contributed by atoms with Crippen molar-refractivity contribution in [1.82, 2.24) is 15.0 Å². The molecule has 2 aromatic carbocycles. The molecular weight excluding hydrogens is 470 g/mol. The second kappa shape index (κ2) is 9.15. The third-order valence-electron chi connectivity index (χ3n) is 4.92. The van der Waals surface area contributed by atoms with Gasteiger partial charge in [-0.25, -0.2) is 15.0 Å². The van der Waals surface area contributed by atoms with Crippen molar-refractivity contribution < 1.29 is 19.2 Å². The molecule has 0 fully saturated rings. The molecule has 0 unspecified atom stereocenters. The molecule has 10 nitrogen and oxygen atoms in total. The zero-order chi connectivity index (χ0) is 24.4. The van der Waals surface area contributed by atoms with E-state index in [0.717, 1.165) is 11.3 Å². The predicted molar refractivity (Wildman–Crippen MR) is 131 cm³/mol. The maximum atomic E-state index is 13.0. The Morgan fingerprint density at radius 1 is 1.03 bits per heavy atom. The molecule has 3 aromatic heterocycles. The number of nitrogens with zero attached hydrogens (tertiary/aromatic N) is 4. The van der Waals surface area contributed by atoms with Gasteiger partial charge in [-0.3, -0.25) is 14.9 Å². The van der Waals surface area contributed by atoms with Crippen LogP contribution in [0.2, 0.25) is 0 Å². The fourth-order valence-corrected chi connectivity index (χ4v) is 4.02. The van der Waals surface area contributed by atoms with E-state index in [-0.39, 0.29) is 34.0 Å². The number of furan rings is 1. The van der Waals surface area contributed by atoms with E-state index >= 15 is 0 Å². The third-order valence-corrected chi connectivity index (χ3v) is 5.76. The number of carbonyl (C=O) groups is 1. The van der Waals surface area contributed by atoms with Crippen LogP contribution in [0.3, 0.4) is 0 Å². The fourth-order valence-electron chi connectivity index (χ4n) is 3.30. The van der Waals surface area contributed by atoms with E-state index in [9.17, 15) is 20.0 Å². The number of nitrogens with one attached hydrogen (secondary N) is 1. The average Bonchev–Trinajstić information content (AvgIpc) is 3.53. The lowest BCUT2D eigenvalue weighted by molar-refractivity contribution is -0.402. The second-order valence-electron chi connectivity index (χ2n) is 7.22. The Morgan fingerprint density at radius 3 is 2.63 bits per heavy atom. The first-order valence-corrected chi connectivity index (χ1v) is 11.1. The van der Waals surface area contributed by atoms with Gasteiger partial charge in [0.2, 0.25) is 0 Å². The SMILES string of the molecule is O=C(Nc1nc(/C=C/c2ccc([N+](=O)[O-])o2)nc2ccccc12)c1nc(-c2ccccc2O)cs1. The van der Waals surface area contributed by atoms with Crippen LogP contribution in [0.25, 0.3) is 34.3 Å². The molecule has 5 aromatic rings. The van der Waals surface area contributed by atoms with Gasteiger partial charge in [-0.05, 0) is 42.5 Å². The van der Waals surface area contributed by atoms with Gasteiger partial charge in [0.15, 0.2) is 10.8 Å². The number of phenols is 1. The number of rotatable bonds is 6. The lowest BCUT2D eigenvalue weighted by Crippen LogP contribution is -2.14. The Bertz CT molecular complexity index is 1610. The summed E-state index contributed by atoms with van der Waals surface area (Å²) in [6, 6.07) is 16.6. The predicted octanol–water partition coefficient (Wildman–Crippen LogP) is 5.38. The number of benzene rings is 2. The summed E-state index contributed by atoms with van der Waals surface area (Å²) in [4.78, 5) is 36.4. The number of fused-ring (bicyclic) bond motifs is 1. The van der Waals surface area contributed by atoms with Crippen molar-refractivity contribution in [2.75, 3.05) is 5.32 Å². The van der Waals surface area contributed by atoms with E-state index < -0.39 is 10.8 Å². The summed E-state index contributed by atoms with van der Waals surface area (Å²) in [5.74, 6) is 0.0567. The first-order chi connectivity index (χ1) is 17.0. The highest BCUT2D eigenvalue weighted by Gasteiger charge is 2.17. The normalized spacial score (nSPS) is 11.2. The van der Waals surface area contributed by atoms with Crippen LogP contribution in [0.15, 0.2) is 70.5 Å². The third kappa shape index (κ3) is 4.61. The molecule has 0 radical (unpaired) electrons. The molecule has 0 aliphatic heterocycles. The molecule has 3 heterocycles. The number of aromatic nitrogens is 3. The van der Waals surface area contributed by atoms with Gasteiger partial charge < -0.3 is 14.8 Å². The number of thiazole rings is 1. The van der Waals surface area contributed by atoms with Gasteiger partial charge in [-0.1, -0.05) is 24.3 Å². The Hall–Kier alpha value is -4.90. The van der Waals surface area contributed by atoms with Gasteiger partial charge in [0.05, 0.1) is 17.3 Å². The van der Waals surface area contributed by atoms with Gasteiger partial charge in [0.25, 0.3) is 5.91 Å². The first kappa shape index (κ1) is 21.9. The molecule has 0 saturated heterocycles. The number of hydrogen-bond acceptors (Lipinski definition) is 9. The van der Waals surface area contributed by atoms with Gasteiger partial charge in [-0.2, -0.15) is 0 Å². The summed E-state index contributed by atoms with van der Waals surface area (Å²) >= 11 is 1.14. The van der Waals surface area contributed by atoms with Crippen LogP contribution in [0.1, 0.15) is 21.4 Å². The second-order valence-corrected chi connectivity index (χ2v) is 8.08. The summed E-state index contributed by atoms with van der Waals surface area (Å²) in [6.07, 6.45) is 3.03. The number of para-hydroxylation sites is 2. The van der Waals surface area contributed by atoms with Crippen LogP contribution < -0.4 is 5.32 Å². The van der Waals surface area contributed by atoms with Crippen LogP contribution >= 0.6 is 11.3 Å². The monoisotopic (exact) mass is 485 g/mol. The molecule has 0 aliphatic carbocycles. The molecule has 0 aliphatic rings. The van der Waals surface area contributed by atoms with Crippen LogP contribution in [0.4, 0.5) is 11.7 Å². The fraction of sp³-hybridized carbons (Fsp3) is 0. The molecule has 0 spiro atoms. The summed E-state index contributed by atoms with van der Waals surface area (Å²) in [5, 5.41) is 26.2. The van der Waals surface area contributed by atoms with Crippen molar-refractivity contribution >= 4 is 52.0 Å². The zero-order valence-corrected chi connectivity index (χ0v) is 18.6. The molecule has 0 bridgehead atoms. The lowest BCUT2D eigenvalue weighted by Gasteiger charge is -2.07. The topological polar surface area (TPSA) is 144 Å². The van der Waals surface area contributed by atoms with Crippen LogP contribution in [-0.4, -0.2) is 30.9 Å². The quantitative estimate of drug-likeness (QED) is 0.241. The number of phenolic OH excluding ortho intramolecular Hbond substituents is 1. The smallest absolute Gasteiger partial charge is 0.433 e. The Kier molecular flexibility index (Phi) is 5.73. The van der Waals surface area contributed by atoms with E-state index in [0.29, 0.717) is 22.2 Å². The van der Waals surface area contributed by atoms with Crippen molar-refractivity contribution in [1.29, 1.82) is 0 Å². The summed E-state index contributed by atoms with van der Waals surface area (Å²) in [5.41, 5.74) is 1.61. The molecule has 0 atom stereocenters. The van der Waals surface area contributed by atoms with Crippen molar-refractivity contribution in [3.63, 3.8) is 0 Å². The van der Waals surface area contributed by atoms with E-state index in [2.05, 4.69) is 20.3 Å². The van der Waals surface area contributed by atoms with E-state index in [4.69, 9.17) is 4.42 Å². The van der Waals surface area contributed by atoms with E-state index in [1.54, 1.807) is 47.8 Å². The maximum Gasteiger partial charge on any atom is 0.433 e. The number of hydrogen-bond donors (Lipinski definition) is 2. The average molecular weight is 485 g/mol. The number of amides is 1. The van der Waals surface area contributed by atoms with Gasteiger partial charge in [0.1, 0.15) is 22.3 Å². The highest BCUT2D eigenvalue weighted by molar-refractivity contribution is 7.12. The summed E-state index contributed by atoms with van der Waals surface area (Å²) in [7, 11) is 0. The molecule has 0 saturated carbocycles. The van der Waals surface area contributed by atoms with Crippen LogP contribution in [0.5, 0.6) is 5.75 Å². The number of anilines is 1. The van der Waals surface area contributed by atoms with Crippen molar-refractivity contribution in [2.24, 2.45) is 0 Å². The summed E-state index contributed by atoms with van der Waals surface area (Å²) < 4.78 is 5.12. The number of carbonyl (C=O) groups excluding carboxylic acids is 1. The highest BCUT2D eigenvalue weighted by atomic mass is 32.1. The molecule has 5 rings (SSSR count). The van der Waals surface area contributed by atoms with Crippen LogP contribution in [-0.2, 0) is 0 Å². The Morgan fingerprint density at radius 2 is 1.83 bits per heavy atom. The molecule has 1 amide bonds. The van der Waals surface area contributed by atoms with Crippen molar-refractivity contribution in [3.8, 4) is 17.0 Å². The van der Waals surface area contributed by atoms with E-state index in [1.807, 2.05) is 6.07 Å². The molecule has 172 valence electrons. The minimum atomic E-state index is -0.624. The largest absolute Gasteiger partial charge is 0.507 e. The van der Waals surface area contributed by atoms with Crippen LogP contribution in [0, 0.1) is 10.1 Å². The maximum absolute atomic E-state index is 13.0. The standard InChI is InChI=1S/C24H15N5O5S/c30-19-8-4-2-5-15(19)18-13-35-24(26-18)23(31)28-22-16-6-1-3-7-17(16)25-20(27-22)11-9-14-10-12-21(34-14)29(32)33/h1-13,30H,(H,25,27,28,31)/b11-9+. The van der Waals surface area contributed by atoms with Gasteiger partial charge in [-0.15, -0.1) is 11.3 Å².